The van der Waals surface area contributed by atoms with Gasteiger partial charge in [-0.05, 0) is 31.8 Å². The maximum absolute atomic E-state index is 8.46. The Labute approximate surface area is 79.9 Å². The molecule has 2 N–H and O–H groups in total. The number of aliphatic hydroxyl groups is 1. The molecule has 4 heteroatoms. The minimum atomic E-state index is 0. The molecule has 0 aromatic rings. The van der Waals surface area contributed by atoms with E-state index in [1.165, 1.54) is 12.8 Å². The van der Waals surface area contributed by atoms with Crippen LogP contribution >= 0.6 is 12.4 Å². The second-order valence-corrected chi connectivity index (χ2v) is 2.99. The molecule has 1 saturated heterocycles. The van der Waals surface area contributed by atoms with E-state index in [0.717, 1.165) is 19.7 Å². The van der Waals surface area contributed by atoms with Gasteiger partial charge in [0.15, 0.2) is 0 Å². The average Bonchev–Trinajstić information content (AvgIpc) is 2.07. The predicted molar refractivity (Wildman–Crippen MR) is 50.7 cm³/mol. The number of aliphatic hydroxyl groups excluding tert-OH is 1. The van der Waals surface area contributed by atoms with Crippen LogP contribution in [0.4, 0.5) is 0 Å². The molecule has 1 aliphatic rings. The largest absolute Gasteiger partial charge is 0.394 e. The summed E-state index contributed by atoms with van der Waals surface area (Å²) in [6, 6.07) is 0. The first kappa shape index (κ1) is 12.2. The second kappa shape index (κ2) is 7.80. The molecule has 0 saturated carbocycles. The van der Waals surface area contributed by atoms with E-state index < -0.39 is 0 Å². The van der Waals surface area contributed by atoms with E-state index >= 15 is 0 Å². The minimum Gasteiger partial charge on any atom is -0.394 e. The summed E-state index contributed by atoms with van der Waals surface area (Å²) in [5.41, 5.74) is 0. The number of rotatable bonds is 4. The van der Waals surface area contributed by atoms with E-state index in [1.54, 1.807) is 0 Å². The molecule has 1 rings (SSSR count). The highest BCUT2D eigenvalue weighted by atomic mass is 35.5. The van der Waals surface area contributed by atoms with Gasteiger partial charge in [-0.25, -0.2) is 0 Å². The van der Waals surface area contributed by atoms with Crippen LogP contribution in [0.15, 0.2) is 0 Å². The lowest BCUT2D eigenvalue weighted by atomic mass is 9.99. The lowest BCUT2D eigenvalue weighted by Crippen LogP contribution is -2.30. The molecule has 0 amide bonds. The molecule has 0 aromatic heterocycles. The highest BCUT2D eigenvalue weighted by Gasteiger charge is 2.12. The van der Waals surface area contributed by atoms with Crippen molar-refractivity contribution in [3.8, 4) is 0 Å². The standard InChI is InChI=1S/C8H17NO2.ClH/c10-5-6-11-7-8-1-3-9-4-2-8;/h8-10H,1-7H2;1H. The third-order valence-corrected chi connectivity index (χ3v) is 2.05. The summed E-state index contributed by atoms with van der Waals surface area (Å²) in [6.45, 7) is 3.69. The molecular weight excluding hydrogens is 178 g/mol. The van der Waals surface area contributed by atoms with Crippen LogP contribution in [0.2, 0.25) is 0 Å². The van der Waals surface area contributed by atoms with E-state index in [1.807, 2.05) is 0 Å². The van der Waals surface area contributed by atoms with Crippen molar-refractivity contribution >= 4 is 12.4 Å². The van der Waals surface area contributed by atoms with E-state index in [9.17, 15) is 0 Å². The zero-order valence-electron chi connectivity index (χ0n) is 7.29. The molecule has 0 aromatic carbocycles. The fourth-order valence-electron chi connectivity index (χ4n) is 1.36. The lowest BCUT2D eigenvalue weighted by Gasteiger charge is -2.21. The summed E-state index contributed by atoms with van der Waals surface area (Å²) in [5.74, 6) is 0.711. The van der Waals surface area contributed by atoms with Crippen LogP contribution in [0.5, 0.6) is 0 Å². The topological polar surface area (TPSA) is 41.5 Å². The highest BCUT2D eigenvalue weighted by molar-refractivity contribution is 5.85. The summed E-state index contributed by atoms with van der Waals surface area (Å²) in [7, 11) is 0. The predicted octanol–water partition coefficient (Wildman–Crippen LogP) is 0.417. The molecular formula is C8H18ClNO2. The van der Waals surface area contributed by atoms with Gasteiger partial charge in [0, 0.05) is 6.61 Å². The fourth-order valence-corrected chi connectivity index (χ4v) is 1.36. The Hall–Kier alpha value is 0.170. The molecule has 1 heterocycles. The van der Waals surface area contributed by atoms with Crippen molar-refractivity contribution in [2.24, 2.45) is 5.92 Å². The molecule has 0 bridgehead atoms. The highest BCUT2D eigenvalue weighted by Crippen LogP contribution is 2.11. The first-order chi connectivity index (χ1) is 5.43. The fraction of sp³-hybridized carbons (Fsp3) is 1.00. The number of halogens is 1. The molecule has 74 valence electrons. The van der Waals surface area contributed by atoms with Crippen LogP contribution in [0.1, 0.15) is 12.8 Å². The Bertz CT molecular complexity index is 97.1. The molecule has 1 aliphatic heterocycles. The smallest absolute Gasteiger partial charge is 0.0697 e. The van der Waals surface area contributed by atoms with Gasteiger partial charge in [-0.1, -0.05) is 0 Å². The average molecular weight is 196 g/mol. The van der Waals surface area contributed by atoms with E-state index in [-0.39, 0.29) is 19.0 Å². The van der Waals surface area contributed by atoms with Gasteiger partial charge in [-0.2, -0.15) is 0 Å². The SMILES string of the molecule is Cl.OCCOCC1CCNCC1. The number of nitrogens with one attached hydrogen (secondary N) is 1. The maximum Gasteiger partial charge on any atom is 0.0697 e. The van der Waals surface area contributed by atoms with Crippen LogP contribution < -0.4 is 5.32 Å². The Morgan fingerprint density at radius 2 is 2.00 bits per heavy atom. The van der Waals surface area contributed by atoms with Gasteiger partial charge in [-0.15, -0.1) is 12.4 Å². The van der Waals surface area contributed by atoms with E-state index in [4.69, 9.17) is 9.84 Å². The Morgan fingerprint density at radius 1 is 1.33 bits per heavy atom. The van der Waals surface area contributed by atoms with Crippen LogP contribution in [-0.2, 0) is 4.74 Å². The van der Waals surface area contributed by atoms with E-state index in [0.29, 0.717) is 12.5 Å². The molecule has 0 unspecified atom stereocenters. The first-order valence-electron chi connectivity index (χ1n) is 4.33. The zero-order valence-corrected chi connectivity index (χ0v) is 8.11. The van der Waals surface area contributed by atoms with Crippen molar-refractivity contribution in [2.45, 2.75) is 12.8 Å². The molecule has 0 radical (unpaired) electrons. The van der Waals surface area contributed by atoms with Gasteiger partial charge in [0.05, 0.1) is 13.2 Å². The summed E-state index contributed by atoms with van der Waals surface area (Å²) in [6.07, 6.45) is 2.43. The van der Waals surface area contributed by atoms with Crippen molar-refractivity contribution in [3.05, 3.63) is 0 Å². The normalized spacial score (nSPS) is 18.8. The first-order valence-corrected chi connectivity index (χ1v) is 4.33. The van der Waals surface area contributed by atoms with Gasteiger partial charge in [0.1, 0.15) is 0 Å². The van der Waals surface area contributed by atoms with Crippen LogP contribution in [-0.4, -0.2) is 38.0 Å². The number of hydrogen-bond acceptors (Lipinski definition) is 3. The van der Waals surface area contributed by atoms with Gasteiger partial charge in [-0.3, -0.25) is 0 Å². The van der Waals surface area contributed by atoms with Crippen molar-refractivity contribution in [1.29, 1.82) is 0 Å². The Balaban J connectivity index is 0.00000121. The molecule has 3 nitrogen and oxygen atoms in total. The van der Waals surface area contributed by atoms with Gasteiger partial charge < -0.3 is 15.2 Å². The number of piperidine rings is 1. The maximum atomic E-state index is 8.46. The van der Waals surface area contributed by atoms with Crippen molar-refractivity contribution in [2.75, 3.05) is 32.9 Å². The van der Waals surface area contributed by atoms with Gasteiger partial charge in [0.25, 0.3) is 0 Å². The Morgan fingerprint density at radius 3 is 2.58 bits per heavy atom. The van der Waals surface area contributed by atoms with Crippen molar-refractivity contribution in [3.63, 3.8) is 0 Å². The van der Waals surface area contributed by atoms with Crippen LogP contribution in [0, 0.1) is 5.92 Å². The summed E-state index contributed by atoms with van der Waals surface area (Å²) in [5, 5.41) is 11.8. The number of hydrogen-bond donors (Lipinski definition) is 2. The third kappa shape index (κ3) is 4.93. The molecule has 0 atom stereocenters. The Kier molecular flexibility index (Phi) is 7.91. The quantitative estimate of drug-likeness (QED) is 0.639. The molecule has 12 heavy (non-hydrogen) atoms. The summed E-state index contributed by atoms with van der Waals surface area (Å²) < 4.78 is 5.24. The van der Waals surface area contributed by atoms with Crippen molar-refractivity contribution in [1.82, 2.24) is 5.32 Å². The third-order valence-electron chi connectivity index (χ3n) is 2.05. The summed E-state index contributed by atoms with van der Waals surface area (Å²) in [4.78, 5) is 0. The van der Waals surface area contributed by atoms with Gasteiger partial charge >= 0.3 is 0 Å². The molecule has 0 spiro atoms. The molecule has 1 fully saturated rings. The van der Waals surface area contributed by atoms with Crippen LogP contribution in [0.25, 0.3) is 0 Å². The van der Waals surface area contributed by atoms with Crippen LogP contribution in [0.3, 0.4) is 0 Å². The van der Waals surface area contributed by atoms with Crippen molar-refractivity contribution < 1.29 is 9.84 Å². The van der Waals surface area contributed by atoms with E-state index in [2.05, 4.69) is 5.32 Å². The minimum absolute atomic E-state index is 0. The summed E-state index contributed by atoms with van der Waals surface area (Å²) >= 11 is 0. The number of ether oxygens (including phenoxy) is 1. The molecule has 0 aliphatic carbocycles. The lowest BCUT2D eigenvalue weighted by molar-refractivity contribution is 0.0599. The van der Waals surface area contributed by atoms with Gasteiger partial charge in [0.2, 0.25) is 0 Å². The zero-order chi connectivity index (χ0) is 7.94. The monoisotopic (exact) mass is 195 g/mol. The second-order valence-electron chi connectivity index (χ2n) is 2.99.